The third-order valence-electron chi connectivity index (χ3n) is 2.62. The highest BCUT2D eigenvalue weighted by Crippen LogP contribution is 2.28. The summed E-state index contributed by atoms with van der Waals surface area (Å²) in [4.78, 5) is 3.94. The van der Waals surface area contributed by atoms with Gasteiger partial charge >= 0.3 is 6.36 Å². The van der Waals surface area contributed by atoms with Crippen molar-refractivity contribution >= 4 is 0 Å². The van der Waals surface area contributed by atoms with E-state index in [1.165, 1.54) is 24.4 Å². The number of pyridine rings is 1. The highest BCUT2D eigenvalue weighted by Gasteiger charge is 2.31. The molecule has 0 amide bonds. The van der Waals surface area contributed by atoms with Gasteiger partial charge in [-0.1, -0.05) is 18.2 Å². The maximum atomic E-state index is 12.2. The SMILES string of the molecule is Cc1cncc(C(O)c2cccc(OC(F)(F)F)c2)c1. The molecule has 0 aliphatic carbocycles. The molecule has 1 N–H and O–H groups in total. The van der Waals surface area contributed by atoms with Crippen molar-refractivity contribution in [2.45, 2.75) is 19.4 Å². The Morgan fingerprint density at radius 2 is 1.90 bits per heavy atom. The van der Waals surface area contributed by atoms with Gasteiger partial charge in [-0.05, 0) is 30.2 Å². The van der Waals surface area contributed by atoms with Gasteiger partial charge in [0.25, 0.3) is 0 Å². The number of aliphatic hydroxyl groups excluding tert-OH is 1. The van der Waals surface area contributed by atoms with Gasteiger partial charge in [0.2, 0.25) is 0 Å². The van der Waals surface area contributed by atoms with Gasteiger partial charge < -0.3 is 9.84 Å². The minimum absolute atomic E-state index is 0.305. The molecule has 0 spiro atoms. The summed E-state index contributed by atoms with van der Waals surface area (Å²) in [7, 11) is 0. The molecule has 0 radical (unpaired) electrons. The van der Waals surface area contributed by atoms with Gasteiger partial charge in [-0.3, -0.25) is 4.98 Å². The van der Waals surface area contributed by atoms with Crippen molar-refractivity contribution in [1.82, 2.24) is 4.98 Å². The molecule has 1 aromatic carbocycles. The summed E-state index contributed by atoms with van der Waals surface area (Å²) in [5, 5.41) is 10.2. The van der Waals surface area contributed by atoms with Gasteiger partial charge in [0.1, 0.15) is 11.9 Å². The number of halogens is 3. The Kier molecular flexibility index (Phi) is 3.94. The van der Waals surface area contributed by atoms with E-state index in [4.69, 9.17) is 0 Å². The lowest BCUT2D eigenvalue weighted by atomic mass is 10.0. The summed E-state index contributed by atoms with van der Waals surface area (Å²) in [6, 6.07) is 6.97. The van der Waals surface area contributed by atoms with E-state index in [-0.39, 0.29) is 5.75 Å². The van der Waals surface area contributed by atoms with E-state index < -0.39 is 12.5 Å². The molecule has 20 heavy (non-hydrogen) atoms. The number of aromatic nitrogens is 1. The smallest absolute Gasteiger partial charge is 0.406 e. The van der Waals surface area contributed by atoms with Crippen LogP contribution in [-0.4, -0.2) is 16.5 Å². The summed E-state index contributed by atoms with van der Waals surface area (Å²) in [5.74, 6) is -0.366. The van der Waals surface area contributed by atoms with Crippen LogP contribution in [0.2, 0.25) is 0 Å². The Morgan fingerprint density at radius 1 is 1.15 bits per heavy atom. The van der Waals surface area contributed by atoms with Crippen molar-refractivity contribution in [1.29, 1.82) is 0 Å². The van der Waals surface area contributed by atoms with Crippen LogP contribution in [0.15, 0.2) is 42.7 Å². The van der Waals surface area contributed by atoms with Crippen molar-refractivity contribution in [2.75, 3.05) is 0 Å². The van der Waals surface area contributed by atoms with Gasteiger partial charge in [0.15, 0.2) is 0 Å². The van der Waals surface area contributed by atoms with E-state index in [0.717, 1.165) is 11.6 Å². The van der Waals surface area contributed by atoms with Crippen LogP contribution in [-0.2, 0) is 0 Å². The number of benzene rings is 1. The molecule has 1 aromatic heterocycles. The molecule has 0 saturated heterocycles. The third-order valence-corrected chi connectivity index (χ3v) is 2.62. The molecule has 3 nitrogen and oxygen atoms in total. The van der Waals surface area contributed by atoms with Gasteiger partial charge in [-0.25, -0.2) is 0 Å². The van der Waals surface area contributed by atoms with Crippen LogP contribution < -0.4 is 4.74 Å². The standard InChI is InChI=1S/C14H12F3NO2/c1-9-5-11(8-18-7-9)13(19)10-3-2-4-12(6-10)20-14(15,16)17/h2-8,13,19H,1H3. The van der Waals surface area contributed by atoms with Gasteiger partial charge in [-0.15, -0.1) is 13.2 Å². The number of alkyl halides is 3. The minimum atomic E-state index is -4.76. The van der Waals surface area contributed by atoms with Gasteiger partial charge in [0, 0.05) is 18.0 Å². The molecular weight excluding hydrogens is 271 g/mol. The zero-order valence-corrected chi connectivity index (χ0v) is 10.6. The summed E-state index contributed by atoms with van der Waals surface area (Å²) in [6.45, 7) is 1.81. The lowest BCUT2D eigenvalue weighted by molar-refractivity contribution is -0.274. The number of rotatable bonds is 3. The maximum absolute atomic E-state index is 12.2. The fourth-order valence-corrected chi connectivity index (χ4v) is 1.80. The van der Waals surface area contributed by atoms with Gasteiger partial charge in [0.05, 0.1) is 0 Å². The first-order valence-electron chi connectivity index (χ1n) is 5.80. The Balaban J connectivity index is 2.26. The average molecular weight is 283 g/mol. The molecule has 1 heterocycles. The van der Waals surface area contributed by atoms with Crippen LogP contribution >= 0.6 is 0 Å². The first-order valence-corrected chi connectivity index (χ1v) is 5.80. The molecule has 0 aliphatic heterocycles. The van der Waals surface area contributed by atoms with E-state index in [1.807, 2.05) is 6.92 Å². The zero-order chi connectivity index (χ0) is 14.8. The number of aryl methyl sites for hydroxylation is 1. The van der Waals surface area contributed by atoms with Gasteiger partial charge in [-0.2, -0.15) is 0 Å². The highest BCUT2D eigenvalue weighted by molar-refractivity contribution is 5.35. The van der Waals surface area contributed by atoms with Crippen molar-refractivity contribution in [3.05, 3.63) is 59.4 Å². The van der Waals surface area contributed by atoms with Crippen molar-refractivity contribution in [3.63, 3.8) is 0 Å². The van der Waals surface area contributed by atoms with E-state index in [2.05, 4.69) is 9.72 Å². The Morgan fingerprint density at radius 3 is 2.55 bits per heavy atom. The maximum Gasteiger partial charge on any atom is 0.573 e. The first-order chi connectivity index (χ1) is 9.35. The zero-order valence-electron chi connectivity index (χ0n) is 10.6. The Hall–Kier alpha value is -2.08. The molecule has 0 saturated carbocycles. The van der Waals surface area contributed by atoms with Crippen LogP contribution in [0.25, 0.3) is 0 Å². The van der Waals surface area contributed by atoms with Crippen molar-refractivity contribution in [3.8, 4) is 5.75 Å². The van der Waals surface area contributed by atoms with Crippen LogP contribution in [0.3, 0.4) is 0 Å². The van der Waals surface area contributed by atoms with E-state index in [9.17, 15) is 18.3 Å². The van der Waals surface area contributed by atoms with E-state index in [1.54, 1.807) is 12.3 Å². The van der Waals surface area contributed by atoms with Crippen LogP contribution in [0.4, 0.5) is 13.2 Å². The largest absolute Gasteiger partial charge is 0.573 e. The summed E-state index contributed by atoms with van der Waals surface area (Å²) < 4.78 is 40.3. The highest BCUT2D eigenvalue weighted by atomic mass is 19.4. The second kappa shape index (κ2) is 5.50. The molecule has 1 unspecified atom stereocenters. The number of hydrogen-bond acceptors (Lipinski definition) is 3. The third kappa shape index (κ3) is 3.71. The number of aliphatic hydroxyl groups is 1. The minimum Gasteiger partial charge on any atom is -0.406 e. The van der Waals surface area contributed by atoms with Crippen LogP contribution in [0, 0.1) is 6.92 Å². The molecule has 6 heteroatoms. The molecule has 0 bridgehead atoms. The molecule has 2 aromatic rings. The molecule has 106 valence electrons. The summed E-state index contributed by atoms with van der Waals surface area (Å²) >= 11 is 0. The molecule has 0 fully saturated rings. The molecular formula is C14H12F3NO2. The Labute approximate surface area is 113 Å². The van der Waals surface area contributed by atoms with Crippen molar-refractivity contribution in [2.24, 2.45) is 0 Å². The quantitative estimate of drug-likeness (QED) is 0.939. The predicted molar refractivity (Wildman–Crippen MR) is 66.2 cm³/mol. The van der Waals surface area contributed by atoms with Crippen molar-refractivity contribution < 1.29 is 23.0 Å². The molecule has 0 aliphatic rings. The Bertz CT molecular complexity index is 599. The van der Waals surface area contributed by atoms with Crippen LogP contribution in [0.1, 0.15) is 22.8 Å². The fraction of sp³-hybridized carbons (Fsp3) is 0.214. The number of ether oxygens (including phenoxy) is 1. The second-order valence-electron chi connectivity index (χ2n) is 4.32. The summed E-state index contributed by atoms with van der Waals surface area (Å²) in [5.41, 5.74) is 1.66. The predicted octanol–water partition coefficient (Wildman–Crippen LogP) is 3.37. The summed E-state index contributed by atoms with van der Waals surface area (Å²) in [6.07, 6.45) is -2.72. The monoisotopic (exact) mass is 283 g/mol. The number of nitrogens with zero attached hydrogens (tertiary/aromatic N) is 1. The van der Waals surface area contributed by atoms with Crippen LogP contribution in [0.5, 0.6) is 5.75 Å². The average Bonchev–Trinajstić information content (AvgIpc) is 2.36. The van der Waals surface area contributed by atoms with E-state index >= 15 is 0 Å². The fourth-order valence-electron chi connectivity index (χ4n) is 1.80. The lowest BCUT2D eigenvalue weighted by Crippen LogP contribution is -2.17. The molecule has 2 rings (SSSR count). The number of hydrogen-bond donors (Lipinski definition) is 1. The lowest BCUT2D eigenvalue weighted by Gasteiger charge is -2.14. The topological polar surface area (TPSA) is 42.4 Å². The molecule has 1 atom stereocenters. The second-order valence-corrected chi connectivity index (χ2v) is 4.32. The normalized spacial score (nSPS) is 13.1. The first kappa shape index (κ1) is 14.3. The van der Waals surface area contributed by atoms with E-state index in [0.29, 0.717) is 11.1 Å².